The first-order chi connectivity index (χ1) is 8.72. The minimum atomic E-state index is 0.524. The summed E-state index contributed by atoms with van der Waals surface area (Å²) in [5.74, 6) is 0. The number of nitrogens with one attached hydrogen (secondary N) is 1. The first kappa shape index (κ1) is 11.8. The second-order valence-corrected chi connectivity index (χ2v) is 5.35. The van der Waals surface area contributed by atoms with Gasteiger partial charge in [-0.15, -0.1) is 0 Å². The van der Waals surface area contributed by atoms with Gasteiger partial charge in [-0.2, -0.15) is 0 Å². The molecular weight excluding hydrogens is 246 g/mol. The Bertz CT molecular complexity index is 570. The lowest BCUT2D eigenvalue weighted by atomic mass is 10.1. The normalized spacial score (nSPS) is 20.4. The van der Waals surface area contributed by atoms with Gasteiger partial charge in [0.05, 0.1) is 5.52 Å². The molecule has 0 aliphatic carbocycles. The number of likely N-dealkylation sites (tertiary alicyclic amines) is 1. The Morgan fingerprint density at radius 2 is 2.28 bits per heavy atom. The number of fused-ring (bicyclic) bond motifs is 1. The van der Waals surface area contributed by atoms with Crippen molar-refractivity contribution in [2.75, 3.05) is 25.5 Å². The van der Waals surface area contributed by atoms with E-state index in [1.165, 1.54) is 6.42 Å². The standard InChI is InChI=1S/C14H16ClN3/c1-18-7-5-11(9-18)17-13-4-6-16-14-8-10(15)2-3-12(13)14/h2-4,6,8,11H,5,7,9H2,1H3,(H,16,17)/t11-/m0/s1. The van der Waals surface area contributed by atoms with Crippen molar-refractivity contribution < 1.29 is 0 Å². The molecule has 3 rings (SSSR count). The summed E-state index contributed by atoms with van der Waals surface area (Å²) >= 11 is 5.99. The Hall–Kier alpha value is -1.32. The van der Waals surface area contributed by atoms with E-state index in [1.807, 2.05) is 30.5 Å². The van der Waals surface area contributed by atoms with Crippen LogP contribution in [0.4, 0.5) is 5.69 Å². The summed E-state index contributed by atoms with van der Waals surface area (Å²) in [6.45, 7) is 2.25. The van der Waals surface area contributed by atoms with E-state index < -0.39 is 0 Å². The molecule has 1 aromatic carbocycles. The van der Waals surface area contributed by atoms with Gasteiger partial charge >= 0.3 is 0 Å². The summed E-state index contributed by atoms with van der Waals surface area (Å²) in [5.41, 5.74) is 2.09. The topological polar surface area (TPSA) is 28.2 Å². The Kier molecular flexibility index (Phi) is 3.10. The van der Waals surface area contributed by atoms with Crippen molar-refractivity contribution in [2.24, 2.45) is 0 Å². The van der Waals surface area contributed by atoms with Crippen molar-refractivity contribution >= 4 is 28.2 Å². The molecule has 4 heteroatoms. The molecule has 1 aliphatic rings. The van der Waals surface area contributed by atoms with E-state index in [0.29, 0.717) is 6.04 Å². The van der Waals surface area contributed by atoms with Crippen LogP contribution >= 0.6 is 11.6 Å². The van der Waals surface area contributed by atoms with Crippen molar-refractivity contribution in [2.45, 2.75) is 12.5 Å². The summed E-state index contributed by atoms with van der Waals surface area (Å²) in [4.78, 5) is 6.70. The minimum absolute atomic E-state index is 0.524. The molecule has 0 bridgehead atoms. The lowest BCUT2D eigenvalue weighted by Crippen LogP contribution is -2.23. The molecule has 0 spiro atoms. The number of hydrogen-bond donors (Lipinski definition) is 1. The van der Waals surface area contributed by atoms with Gasteiger partial charge in [0.1, 0.15) is 0 Å². The molecule has 0 radical (unpaired) electrons. The summed E-state index contributed by atoms with van der Waals surface area (Å²) in [6, 6.07) is 8.41. The van der Waals surface area contributed by atoms with Crippen LogP contribution in [-0.4, -0.2) is 36.1 Å². The van der Waals surface area contributed by atoms with Crippen molar-refractivity contribution in [1.82, 2.24) is 9.88 Å². The number of hydrogen-bond acceptors (Lipinski definition) is 3. The van der Waals surface area contributed by atoms with Crippen LogP contribution in [0.3, 0.4) is 0 Å². The molecule has 2 heterocycles. The molecule has 0 saturated carbocycles. The fraction of sp³-hybridized carbons (Fsp3) is 0.357. The molecule has 18 heavy (non-hydrogen) atoms. The van der Waals surface area contributed by atoms with E-state index in [4.69, 9.17) is 11.6 Å². The van der Waals surface area contributed by atoms with Crippen molar-refractivity contribution in [1.29, 1.82) is 0 Å². The van der Waals surface area contributed by atoms with E-state index in [-0.39, 0.29) is 0 Å². The molecule has 1 N–H and O–H groups in total. The predicted molar refractivity (Wildman–Crippen MR) is 76.3 cm³/mol. The van der Waals surface area contributed by atoms with Gasteiger partial charge in [-0.05, 0) is 44.3 Å². The number of likely N-dealkylation sites (N-methyl/N-ethyl adjacent to an activating group) is 1. The van der Waals surface area contributed by atoms with Gasteiger partial charge in [-0.25, -0.2) is 0 Å². The number of pyridine rings is 1. The largest absolute Gasteiger partial charge is 0.380 e. The van der Waals surface area contributed by atoms with E-state index in [1.54, 1.807) is 0 Å². The van der Waals surface area contributed by atoms with Gasteiger partial charge in [-0.3, -0.25) is 4.98 Å². The molecule has 1 aliphatic heterocycles. The van der Waals surface area contributed by atoms with Crippen molar-refractivity contribution in [3.05, 3.63) is 35.5 Å². The molecule has 1 aromatic heterocycles. The molecule has 3 nitrogen and oxygen atoms in total. The van der Waals surface area contributed by atoms with Gasteiger partial charge in [0, 0.05) is 34.9 Å². The quantitative estimate of drug-likeness (QED) is 0.901. The van der Waals surface area contributed by atoms with Crippen LogP contribution in [0.25, 0.3) is 10.9 Å². The van der Waals surface area contributed by atoms with Gasteiger partial charge in [0.2, 0.25) is 0 Å². The SMILES string of the molecule is CN1CC[C@H](Nc2ccnc3cc(Cl)ccc23)C1. The average molecular weight is 262 g/mol. The number of benzene rings is 1. The lowest BCUT2D eigenvalue weighted by molar-refractivity contribution is 0.414. The second kappa shape index (κ2) is 4.75. The summed E-state index contributed by atoms with van der Waals surface area (Å²) in [6.07, 6.45) is 3.02. The van der Waals surface area contributed by atoms with Crippen LogP contribution in [0.1, 0.15) is 6.42 Å². The van der Waals surface area contributed by atoms with E-state index in [2.05, 4.69) is 22.2 Å². The fourth-order valence-corrected chi connectivity index (χ4v) is 2.69. The maximum Gasteiger partial charge on any atom is 0.0737 e. The molecule has 0 amide bonds. The smallest absolute Gasteiger partial charge is 0.0737 e. The fourth-order valence-electron chi connectivity index (χ4n) is 2.52. The monoisotopic (exact) mass is 261 g/mol. The highest BCUT2D eigenvalue weighted by Gasteiger charge is 2.19. The summed E-state index contributed by atoms with van der Waals surface area (Å²) in [7, 11) is 2.16. The van der Waals surface area contributed by atoms with Gasteiger partial charge in [0.25, 0.3) is 0 Å². The van der Waals surface area contributed by atoms with E-state index >= 15 is 0 Å². The van der Waals surface area contributed by atoms with Crippen molar-refractivity contribution in [3.63, 3.8) is 0 Å². The van der Waals surface area contributed by atoms with Crippen LogP contribution in [0.15, 0.2) is 30.5 Å². The maximum absolute atomic E-state index is 5.99. The molecule has 1 saturated heterocycles. The van der Waals surface area contributed by atoms with Crippen LogP contribution in [0.5, 0.6) is 0 Å². The Labute approximate surface area is 112 Å². The number of nitrogens with zero attached hydrogens (tertiary/aromatic N) is 2. The molecule has 0 unspecified atom stereocenters. The number of halogens is 1. The third-order valence-electron chi connectivity index (χ3n) is 3.46. The minimum Gasteiger partial charge on any atom is -0.380 e. The average Bonchev–Trinajstić information content (AvgIpc) is 2.75. The Balaban J connectivity index is 1.92. The third-order valence-corrected chi connectivity index (χ3v) is 3.69. The lowest BCUT2D eigenvalue weighted by Gasteiger charge is -2.15. The highest BCUT2D eigenvalue weighted by Crippen LogP contribution is 2.26. The zero-order valence-corrected chi connectivity index (χ0v) is 11.1. The maximum atomic E-state index is 5.99. The molecule has 2 aromatic rings. The Morgan fingerprint density at radius 1 is 1.39 bits per heavy atom. The molecule has 94 valence electrons. The van der Waals surface area contributed by atoms with Crippen LogP contribution in [0, 0.1) is 0 Å². The second-order valence-electron chi connectivity index (χ2n) is 4.91. The molecule has 1 atom stereocenters. The van der Waals surface area contributed by atoms with Gasteiger partial charge in [0.15, 0.2) is 0 Å². The first-order valence-corrected chi connectivity index (χ1v) is 6.59. The summed E-state index contributed by atoms with van der Waals surface area (Å²) < 4.78 is 0. The van der Waals surface area contributed by atoms with Gasteiger partial charge < -0.3 is 10.2 Å². The van der Waals surface area contributed by atoms with Crippen LogP contribution in [0.2, 0.25) is 5.02 Å². The molecule has 1 fully saturated rings. The first-order valence-electron chi connectivity index (χ1n) is 6.22. The summed E-state index contributed by atoms with van der Waals surface area (Å²) in [5, 5.41) is 5.47. The number of aromatic nitrogens is 1. The zero-order chi connectivity index (χ0) is 12.5. The third kappa shape index (κ3) is 2.28. The van der Waals surface area contributed by atoms with E-state index in [0.717, 1.165) is 34.7 Å². The van der Waals surface area contributed by atoms with Crippen LogP contribution < -0.4 is 5.32 Å². The highest BCUT2D eigenvalue weighted by atomic mass is 35.5. The predicted octanol–water partition coefficient (Wildman–Crippen LogP) is 3.00. The van der Waals surface area contributed by atoms with Crippen LogP contribution in [-0.2, 0) is 0 Å². The van der Waals surface area contributed by atoms with Gasteiger partial charge in [-0.1, -0.05) is 11.6 Å². The number of anilines is 1. The number of rotatable bonds is 2. The zero-order valence-electron chi connectivity index (χ0n) is 10.4. The van der Waals surface area contributed by atoms with E-state index in [9.17, 15) is 0 Å². The highest BCUT2D eigenvalue weighted by molar-refractivity contribution is 6.31. The molecular formula is C14H16ClN3. The Morgan fingerprint density at radius 3 is 3.06 bits per heavy atom. The van der Waals surface area contributed by atoms with Crippen molar-refractivity contribution in [3.8, 4) is 0 Å².